The summed E-state index contributed by atoms with van der Waals surface area (Å²) in [5, 5.41) is 23.7. The maximum absolute atomic E-state index is 12.1. The molecule has 0 aliphatic carbocycles. The highest BCUT2D eigenvalue weighted by Crippen LogP contribution is 2.55. The van der Waals surface area contributed by atoms with Crippen LogP contribution in [0.5, 0.6) is 0 Å². The third-order valence-electron chi connectivity index (χ3n) is 4.98. The first-order chi connectivity index (χ1) is 15.9. The molecule has 1 fully saturated rings. The molecule has 18 heteroatoms. The third-order valence-corrected chi connectivity index (χ3v) is 9.35. The molecule has 1 aliphatic heterocycles. The average Bonchev–Trinajstić information content (AvgIpc) is 3.27. The van der Waals surface area contributed by atoms with Crippen molar-refractivity contribution in [3.63, 3.8) is 0 Å². The highest BCUT2D eigenvalue weighted by atomic mass is 35.5. The van der Waals surface area contributed by atoms with E-state index in [1.54, 1.807) is 0 Å². The van der Waals surface area contributed by atoms with Crippen LogP contribution in [0.2, 0.25) is 5.28 Å². The minimum atomic E-state index is -4.71. The molecule has 1 aliphatic rings. The molecule has 0 amide bonds. The summed E-state index contributed by atoms with van der Waals surface area (Å²) in [7, 11) is -8.90. The average molecular weight is 536 g/mol. The second-order valence-corrected chi connectivity index (χ2v) is 12.5. The van der Waals surface area contributed by atoms with Crippen LogP contribution in [0, 0.1) is 0 Å². The van der Waals surface area contributed by atoms with E-state index in [1.165, 1.54) is 29.5 Å². The van der Waals surface area contributed by atoms with Crippen LogP contribution in [0.4, 0.5) is 11.6 Å². The Morgan fingerprint density at radius 1 is 1.12 bits per heavy atom. The molecular weight excluding hydrogens is 516 g/mol. The van der Waals surface area contributed by atoms with E-state index in [-0.39, 0.29) is 28.7 Å². The fourth-order valence-corrected chi connectivity index (χ4v) is 7.22. The first-order valence-corrected chi connectivity index (χ1v) is 13.9. The molecule has 3 aromatic heterocycles. The number of hydrogen-bond donors (Lipinski definition) is 6. The van der Waals surface area contributed by atoms with Crippen LogP contribution in [-0.2, 0) is 13.9 Å². The first-order valence-electron chi connectivity index (χ1n) is 9.74. The predicted octanol–water partition coefficient (Wildman–Crippen LogP) is 0.428. The van der Waals surface area contributed by atoms with Gasteiger partial charge in [-0.2, -0.15) is 9.97 Å². The summed E-state index contributed by atoms with van der Waals surface area (Å²) < 4.78 is 30.2. The van der Waals surface area contributed by atoms with Gasteiger partial charge >= 0.3 is 7.60 Å². The maximum Gasteiger partial charge on any atom is 0.335 e. The van der Waals surface area contributed by atoms with Crippen LogP contribution in [0.15, 0.2) is 24.9 Å². The Morgan fingerprint density at radius 2 is 1.88 bits per heavy atom. The fraction of sp³-hybridized carbons (Fsp3) is 0.438. The molecule has 2 unspecified atom stereocenters. The molecule has 3 aromatic rings. The Morgan fingerprint density at radius 3 is 2.56 bits per heavy atom. The van der Waals surface area contributed by atoms with Gasteiger partial charge in [0.15, 0.2) is 23.2 Å². The fourth-order valence-electron chi connectivity index (χ4n) is 3.53. The number of rotatable bonds is 8. The van der Waals surface area contributed by atoms with Crippen LogP contribution in [-0.4, -0.2) is 84.8 Å². The van der Waals surface area contributed by atoms with E-state index in [0.29, 0.717) is 5.82 Å². The zero-order chi connectivity index (χ0) is 24.7. The van der Waals surface area contributed by atoms with Gasteiger partial charge in [0.2, 0.25) is 12.7 Å². The van der Waals surface area contributed by atoms with E-state index in [9.17, 15) is 24.2 Å². The number of halogens is 1. The van der Waals surface area contributed by atoms with E-state index in [4.69, 9.17) is 26.1 Å². The van der Waals surface area contributed by atoms with Gasteiger partial charge in [0, 0.05) is 18.6 Å². The topological polar surface area (TPSA) is 226 Å². The lowest BCUT2D eigenvalue weighted by Gasteiger charge is -2.18. The Bertz CT molecular complexity index is 1270. The zero-order valence-corrected chi connectivity index (χ0v) is 19.7. The van der Waals surface area contributed by atoms with Crippen molar-refractivity contribution in [3.8, 4) is 0 Å². The third kappa shape index (κ3) is 5.60. The molecule has 0 aromatic carbocycles. The molecule has 1 saturated heterocycles. The number of aliphatic hydroxyl groups is 2. The largest absolute Gasteiger partial charge is 0.388 e. The summed E-state index contributed by atoms with van der Waals surface area (Å²) in [6, 6.07) is 0. The monoisotopic (exact) mass is 535 g/mol. The van der Waals surface area contributed by atoms with Crippen molar-refractivity contribution in [1.29, 1.82) is 0 Å². The van der Waals surface area contributed by atoms with Crippen molar-refractivity contribution in [2.45, 2.75) is 31.0 Å². The molecule has 0 bridgehead atoms. The van der Waals surface area contributed by atoms with Gasteiger partial charge in [-0.3, -0.25) is 18.7 Å². The van der Waals surface area contributed by atoms with Crippen molar-refractivity contribution < 1.29 is 38.8 Å². The molecule has 184 valence electrons. The zero-order valence-electron chi connectivity index (χ0n) is 17.2. The molecule has 34 heavy (non-hydrogen) atoms. The highest BCUT2D eigenvalue weighted by molar-refractivity contribution is 7.72. The molecule has 0 radical (unpaired) electrons. The van der Waals surface area contributed by atoms with Crippen LogP contribution < -0.4 is 5.32 Å². The van der Waals surface area contributed by atoms with Gasteiger partial charge in [-0.1, -0.05) is 0 Å². The Labute approximate surface area is 196 Å². The van der Waals surface area contributed by atoms with Crippen LogP contribution in [0.3, 0.4) is 0 Å². The number of anilines is 2. The number of aromatic nitrogens is 6. The van der Waals surface area contributed by atoms with Crippen LogP contribution in [0.1, 0.15) is 12.6 Å². The molecule has 15 nitrogen and oxygen atoms in total. The highest BCUT2D eigenvalue weighted by Gasteiger charge is 2.45. The predicted molar refractivity (Wildman–Crippen MR) is 118 cm³/mol. The van der Waals surface area contributed by atoms with Gasteiger partial charge < -0.3 is 34.9 Å². The van der Waals surface area contributed by atoms with Crippen LogP contribution in [0.25, 0.3) is 11.2 Å². The summed E-state index contributed by atoms with van der Waals surface area (Å²) in [4.78, 5) is 48.2. The number of nitrogens with one attached hydrogen (secondary N) is 1. The smallest absolute Gasteiger partial charge is 0.335 e. The summed E-state index contributed by atoms with van der Waals surface area (Å²) in [5.74, 6) is -0.611. The van der Waals surface area contributed by atoms with Gasteiger partial charge in [0.25, 0.3) is 0 Å². The minimum absolute atomic E-state index is 0.149. The van der Waals surface area contributed by atoms with Crippen molar-refractivity contribution >= 4 is 49.4 Å². The number of nitrogens with zero attached hydrogens (tertiary/aromatic N) is 6. The SMILES string of the molecule is O=P(O)(O)CP(=O)(O)CC[C@H]1O[C@@H](n2cnc3c(Nc4cnccn4)nc(Cl)nc32)[C@@H](O)C1O. The minimum Gasteiger partial charge on any atom is -0.388 e. The molecule has 0 spiro atoms. The molecule has 4 heterocycles. The second-order valence-electron chi connectivity index (χ2n) is 7.59. The summed E-state index contributed by atoms with van der Waals surface area (Å²) >= 11 is 6.06. The number of imidazole rings is 1. The van der Waals surface area contributed by atoms with Gasteiger partial charge in [0.05, 0.1) is 18.6 Å². The second kappa shape index (κ2) is 9.53. The van der Waals surface area contributed by atoms with E-state index >= 15 is 0 Å². The Kier molecular flexibility index (Phi) is 7.02. The lowest BCUT2D eigenvalue weighted by molar-refractivity contribution is -0.0354. The number of aliphatic hydroxyl groups excluding tert-OH is 2. The molecule has 5 atom stereocenters. The standard InChI is InChI=1S/C16H20ClN7O8P2/c17-16-22-13(21-9-5-18-2-3-19-9)10-14(23-16)24(6-20-10)15-12(26)11(25)8(32-15)1-4-33(27,28)7-34(29,30)31/h2-3,5-6,8,11-12,15,25-26H,1,4,7H2,(H,27,28)(H2,29,30,31)(H,19,21,22,23)/t8-,11?,12+,15-/m1/s1. The molecule has 6 N–H and O–H groups in total. The summed E-state index contributed by atoms with van der Waals surface area (Å²) in [6.07, 6.45) is -0.236. The number of ether oxygens (including phenoxy) is 1. The summed E-state index contributed by atoms with van der Waals surface area (Å²) in [5.41, 5.74) is 0.419. The van der Waals surface area contributed by atoms with Crippen LogP contribution >= 0.6 is 26.6 Å². The Balaban J connectivity index is 1.56. The van der Waals surface area contributed by atoms with E-state index < -0.39 is 51.6 Å². The van der Waals surface area contributed by atoms with Crippen molar-refractivity contribution in [1.82, 2.24) is 29.5 Å². The quantitative estimate of drug-likeness (QED) is 0.170. The van der Waals surface area contributed by atoms with Crippen molar-refractivity contribution in [3.05, 3.63) is 30.2 Å². The normalized spacial score (nSPS) is 24.9. The Hall–Kier alpha value is -2.06. The lowest BCUT2D eigenvalue weighted by atomic mass is 10.1. The van der Waals surface area contributed by atoms with E-state index in [0.717, 1.165) is 0 Å². The molecular formula is C16H20ClN7O8P2. The van der Waals surface area contributed by atoms with Gasteiger partial charge in [-0.25, -0.2) is 9.97 Å². The van der Waals surface area contributed by atoms with E-state index in [2.05, 4.69) is 30.2 Å². The first kappa shape index (κ1) is 25.0. The molecule has 4 rings (SSSR count). The number of hydrogen-bond acceptors (Lipinski definition) is 11. The van der Waals surface area contributed by atoms with Crippen molar-refractivity contribution in [2.24, 2.45) is 0 Å². The van der Waals surface area contributed by atoms with E-state index in [1.807, 2.05) is 0 Å². The molecule has 0 saturated carbocycles. The maximum atomic E-state index is 12.1. The summed E-state index contributed by atoms with van der Waals surface area (Å²) in [6.45, 7) is 0. The van der Waals surface area contributed by atoms with Gasteiger partial charge in [-0.05, 0) is 18.0 Å². The lowest BCUT2D eigenvalue weighted by Crippen LogP contribution is -2.32. The van der Waals surface area contributed by atoms with Crippen molar-refractivity contribution in [2.75, 3.05) is 17.4 Å². The number of fused-ring (bicyclic) bond motifs is 1. The van der Waals surface area contributed by atoms with Gasteiger partial charge in [-0.15, -0.1) is 0 Å². The van der Waals surface area contributed by atoms with Gasteiger partial charge in [0.1, 0.15) is 23.9 Å².